The van der Waals surface area contributed by atoms with Crippen LogP contribution in [0, 0.1) is 0 Å². The highest BCUT2D eigenvalue weighted by Crippen LogP contribution is 2.24. The van der Waals surface area contributed by atoms with Gasteiger partial charge in [-0.3, -0.25) is 19.2 Å². The number of Topliss-reactive ketones (excluding diaryl/α,β-unsaturated/α-hetero) is 1. The number of thiazole rings is 1. The van der Waals surface area contributed by atoms with Gasteiger partial charge in [-0.1, -0.05) is 0 Å². The van der Waals surface area contributed by atoms with Crippen molar-refractivity contribution in [1.82, 2.24) is 25.4 Å². The SMILES string of the molecule is CC(=O)C(=O)N[C@H]1CCN(C(C)=O)C[C@H]1NC(=O)c1nc2c(s1)CN(C)CC2. The second kappa shape index (κ2) is 8.36. The molecule has 2 N–H and O–H groups in total. The Kier molecular flexibility index (Phi) is 6.09. The minimum Gasteiger partial charge on any atom is -0.345 e. The summed E-state index contributed by atoms with van der Waals surface area (Å²) in [5.74, 6) is -1.69. The third-order valence-corrected chi connectivity index (χ3v) is 6.21. The highest BCUT2D eigenvalue weighted by Gasteiger charge is 2.34. The van der Waals surface area contributed by atoms with Crippen LogP contribution in [-0.2, 0) is 27.3 Å². The zero-order valence-electron chi connectivity index (χ0n) is 16.3. The Bertz CT molecular complexity index is 808. The van der Waals surface area contributed by atoms with E-state index in [1.54, 1.807) is 4.90 Å². The molecular formula is C18H25N5O4S. The second-order valence-electron chi connectivity index (χ2n) is 7.35. The van der Waals surface area contributed by atoms with Gasteiger partial charge in [-0.25, -0.2) is 4.98 Å². The van der Waals surface area contributed by atoms with E-state index < -0.39 is 23.8 Å². The average molecular weight is 407 g/mol. The Labute approximate surface area is 167 Å². The number of rotatable bonds is 4. The molecule has 1 aromatic rings. The van der Waals surface area contributed by atoms with Gasteiger partial charge in [-0.2, -0.15) is 0 Å². The molecule has 0 aliphatic carbocycles. The van der Waals surface area contributed by atoms with Crippen LogP contribution in [0.3, 0.4) is 0 Å². The van der Waals surface area contributed by atoms with Gasteiger partial charge in [-0.05, 0) is 13.5 Å². The normalized spacial score (nSPS) is 22.3. The fourth-order valence-electron chi connectivity index (χ4n) is 3.48. The molecule has 3 rings (SSSR count). The van der Waals surface area contributed by atoms with Gasteiger partial charge in [0.05, 0.1) is 17.8 Å². The Morgan fingerprint density at radius 1 is 1.11 bits per heavy atom. The molecule has 2 atom stereocenters. The van der Waals surface area contributed by atoms with Gasteiger partial charge in [0, 0.05) is 51.3 Å². The van der Waals surface area contributed by atoms with Crippen LogP contribution >= 0.6 is 11.3 Å². The Morgan fingerprint density at radius 3 is 2.54 bits per heavy atom. The zero-order chi connectivity index (χ0) is 20.4. The zero-order valence-corrected chi connectivity index (χ0v) is 17.1. The standard InChI is InChI=1S/C18H25N5O4S/c1-10(24)16(26)19-12-5-7-23(11(2)25)8-14(12)20-17(27)18-21-13-4-6-22(3)9-15(13)28-18/h12,14H,4-9H2,1-3H3,(H,19,26)(H,20,27)/t12-,14+/m0/s1. The third kappa shape index (κ3) is 4.56. The topological polar surface area (TPSA) is 112 Å². The summed E-state index contributed by atoms with van der Waals surface area (Å²) in [7, 11) is 2.03. The van der Waals surface area contributed by atoms with Crippen molar-refractivity contribution in [3.8, 4) is 0 Å². The quantitative estimate of drug-likeness (QED) is 0.655. The van der Waals surface area contributed by atoms with Crippen molar-refractivity contribution in [2.24, 2.45) is 0 Å². The first kappa shape index (κ1) is 20.4. The van der Waals surface area contributed by atoms with Crippen molar-refractivity contribution in [1.29, 1.82) is 0 Å². The minimum atomic E-state index is -0.687. The number of likely N-dealkylation sites (tertiary alicyclic amines) is 1. The lowest BCUT2D eigenvalue weighted by atomic mass is 9.98. The maximum absolute atomic E-state index is 12.8. The van der Waals surface area contributed by atoms with Crippen molar-refractivity contribution in [3.63, 3.8) is 0 Å². The summed E-state index contributed by atoms with van der Waals surface area (Å²) in [6, 6.07) is -0.909. The fourth-order valence-corrected chi connectivity index (χ4v) is 4.57. The summed E-state index contributed by atoms with van der Waals surface area (Å²) in [5.41, 5.74) is 0.962. The molecule has 0 radical (unpaired) electrons. The predicted octanol–water partition coefficient (Wildman–Crippen LogP) is -0.445. The number of hydrogen-bond donors (Lipinski definition) is 2. The van der Waals surface area contributed by atoms with Gasteiger partial charge in [-0.15, -0.1) is 11.3 Å². The van der Waals surface area contributed by atoms with E-state index in [1.807, 2.05) is 7.05 Å². The summed E-state index contributed by atoms with van der Waals surface area (Å²) >= 11 is 1.38. The molecule has 152 valence electrons. The third-order valence-electron chi connectivity index (χ3n) is 5.13. The molecule has 28 heavy (non-hydrogen) atoms. The number of carbonyl (C=O) groups is 4. The smallest absolute Gasteiger partial charge is 0.287 e. The summed E-state index contributed by atoms with van der Waals surface area (Å²) in [4.78, 5) is 57.1. The Morgan fingerprint density at radius 2 is 1.86 bits per heavy atom. The first-order valence-corrected chi connectivity index (χ1v) is 10.1. The van der Waals surface area contributed by atoms with Crippen LogP contribution in [0.25, 0.3) is 0 Å². The molecule has 3 heterocycles. The molecule has 1 aromatic heterocycles. The van der Waals surface area contributed by atoms with Crippen LogP contribution in [0.15, 0.2) is 0 Å². The van der Waals surface area contributed by atoms with Crippen LogP contribution in [0.4, 0.5) is 0 Å². The second-order valence-corrected chi connectivity index (χ2v) is 8.43. The predicted molar refractivity (Wildman–Crippen MR) is 103 cm³/mol. The van der Waals surface area contributed by atoms with E-state index >= 15 is 0 Å². The van der Waals surface area contributed by atoms with Gasteiger partial charge in [0.2, 0.25) is 11.7 Å². The summed E-state index contributed by atoms with van der Waals surface area (Å²) in [5, 5.41) is 5.97. The number of piperidine rings is 1. The fraction of sp³-hybridized carbons (Fsp3) is 0.611. The number of aromatic nitrogens is 1. The Hall–Kier alpha value is -2.33. The number of ketones is 1. The number of nitrogens with one attached hydrogen (secondary N) is 2. The van der Waals surface area contributed by atoms with E-state index in [2.05, 4.69) is 20.5 Å². The largest absolute Gasteiger partial charge is 0.345 e. The summed E-state index contributed by atoms with van der Waals surface area (Å²) < 4.78 is 0. The van der Waals surface area contributed by atoms with Crippen LogP contribution in [-0.4, -0.2) is 77.1 Å². The molecule has 3 amide bonds. The first-order valence-electron chi connectivity index (χ1n) is 9.29. The van der Waals surface area contributed by atoms with Crippen LogP contribution < -0.4 is 10.6 Å². The molecule has 1 fully saturated rings. The summed E-state index contributed by atoms with van der Waals surface area (Å²) in [6.45, 7) is 5.09. The van der Waals surface area contributed by atoms with Crippen molar-refractivity contribution >= 4 is 34.8 Å². The maximum Gasteiger partial charge on any atom is 0.287 e. The maximum atomic E-state index is 12.8. The van der Waals surface area contributed by atoms with Crippen LogP contribution in [0.5, 0.6) is 0 Å². The lowest BCUT2D eigenvalue weighted by Gasteiger charge is -2.38. The molecule has 10 heteroatoms. The van der Waals surface area contributed by atoms with E-state index in [-0.39, 0.29) is 18.4 Å². The van der Waals surface area contributed by atoms with E-state index in [1.165, 1.54) is 25.2 Å². The molecule has 0 bridgehead atoms. The van der Waals surface area contributed by atoms with E-state index in [4.69, 9.17) is 0 Å². The van der Waals surface area contributed by atoms with Crippen LogP contribution in [0.2, 0.25) is 0 Å². The first-order chi connectivity index (χ1) is 13.2. The summed E-state index contributed by atoms with van der Waals surface area (Å²) in [6.07, 6.45) is 1.27. The highest BCUT2D eigenvalue weighted by molar-refractivity contribution is 7.13. The number of nitrogens with zero attached hydrogens (tertiary/aromatic N) is 3. The number of likely N-dealkylation sites (N-methyl/N-ethyl adjacent to an activating group) is 1. The molecule has 0 saturated carbocycles. The van der Waals surface area contributed by atoms with Gasteiger partial charge >= 0.3 is 0 Å². The van der Waals surface area contributed by atoms with Gasteiger partial charge in [0.25, 0.3) is 11.8 Å². The number of carbonyl (C=O) groups excluding carboxylic acids is 4. The van der Waals surface area contributed by atoms with E-state index in [0.29, 0.717) is 18.0 Å². The van der Waals surface area contributed by atoms with Gasteiger partial charge < -0.3 is 20.4 Å². The van der Waals surface area contributed by atoms with E-state index in [0.717, 1.165) is 30.1 Å². The molecule has 1 saturated heterocycles. The monoisotopic (exact) mass is 407 g/mol. The minimum absolute atomic E-state index is 0.0941. The number of fused-ring (bicyclic) bond motifs is 1. The molecule has 0 spiro atoms. The van der Waals surface area contributed by atoms with Crippen molar-refractivity contribution in [3.05, 3.63) is 15.6 Å². The van der Waals surface area contributed by atoms with E-state index in [9.17, 15) is 19.2 Å². The molecule has 2 aliphatic rings. The molecule has 9 nitrogen and oxygen atoms in total. The molecular weight excluding hydrogens is 382 g/mol. The number of hydrogen-bond acceptors (Lipinski definition) is 7. The van der Waals surface area contributed by atoms with Crippen molar-refractivity contribution in [2.75, 3.05) is 26.7 Å². The lowest BCUT2D eigenvalue weighted by molar-refractivity contribution is -0.137. The lowest BCUT2D eigenvalue weighted by Crippen LogP contribution is -2.61. The molecule has 2 aliphatic heterocycles. The Balaban J connectivity index is 1.73. The van der Waals surface area contributed by atoms with Crippen molar-refractivity contribution < 1.29 is 19.2 Å². The van der Waals surface area contributed by atoms with Crippen LogP contribution in [0.1, 0.15) is 40.6 Å². The van der Waals surface area contributed by atoms with Gasteiger partial charge in [0.15, 0.2) is 5.01 Å². The highest BCUT2D eigenvalue weighted by atomic mass is 32.1. The number of amides is 3. The average Bonchev–Trinajstić information content (AvgIpc) is 3.06. The van der Waals surface area contributed by atoms with Gasteiger partial charge in [0.1, 0.15) is 0 Å². The molecule has 0 aromatic carbocycles. The molecule has 0 unspecified atom stereocenters. The van der Waals surface area contributed by atoms with Crippen molar-refractivity contribution in [2.45, 2.75) is 45.3 Å².